The van der Waals surface area contributed by atoms with E-state index in [0.717, 1.165) is 5.56 Å². The maximum atomic E-state index is 11.0. The predicted octanol–water partition coefficient (Wildman–Crippen LogP) is 1.63. The van der Waals surface area contributed by atoms with Gasteiger partial charge in [-0.2, -0.15) is 0 Å². The molecule has 0 heterocycles. The number of ether oxygens (including phenoxy) is 3. The highest BCUT2D eigenvalue weighted by Crippen LogP contribution is 2.38. The van der Waals surface area contributed by atoms with Crippen molar-refractivity contribution in [3.05, 3.63) is 23.8 Å². The Morgan fingerprint density at radius 1 is 1.28 bits per heavy atom. The lowest BCUT2D eigenvalue weighted by Crippen LogP contribution is -2.05. The molecule has 0 atom stereocenters. The van der Waals surface area contributed by atoms with E-state index in [0.29, 0.717) is 11.5 Å². The Labute approximate surface area is 106 Å². The third kappa shape index (κ3) is 3.49. The first-order valence-corrected chi connectivity index (χ1v) is 5.34. The van der Waals surface area contributed by atoms with Gasteiger partial charge < -0.3 is 19.3 Å². The molecule has 0 amide bonds. The number of hydrogen-bond donors (Lipinski definition) is 1. The molecular weight excluding hydrogens is 236 g/mol. The Morgan fingerprint density at radius 2 is 1.83 bits per heavy atom. The highest BCUT2D eigenvalue weighted by molar-refractivity contribution is 5.73. The number of aliphatic hydroxyl groups excluding tert-OH is 1. The Bertz CT molecular complexity index is 426. The van der Waals surface area contributed by atoms with Crippen LogP contribution in [0.4, 0.5) is 0 Å². The quantitative estimate of drug-likeness (QED) is 0.637. The summed E-state index contributed by atoms with van der Waals surface area (Å²) >= 11 is 0. The third-order valence-electron chi connectivity index (χ3n) is 2.14. The van der Waals surface area contributed by atoms with E-state index in [1.54, 1.807) is 24.3 Å². The number of esters is 1. The summed E-state index contributed by atoms with van der Waals surface area (Å²) < 4.78 is 15.4. The molecule has 1 N–H and O–H groups in total. The van der Waals surface area contributed by atoms with Crippen molar-refractivity contribution >= 4 is 12.0 Å². The van der Waals surface area contributed by atoms with Gasteiger partial charge in [0.15, 0.2) is 11.5 Å². The topological polar surface area (TPSA) is 65.0 Å². The molecule has 0 radical (unpaired) electrons. The van der Waals surface area contributed by atoms with Gasteiger partial charge in [-0.1, -0.05) is 12.2 Å². The van der Waals surface area contributed by atoms with Crippen molar-refractivity contribution in [1.29, 1.82) is 0 Å². The zero-order chi connectivity index (χ0) is 13.5. The summed E-state index contributed by atoms with van der Waals surface area (Å²) in [5.41, 5.74) is 0.772. The Balaban J connectivity index is 3.24. The highest BCUT2D eigenvalue weighted by atomic mass is 16.6. The van der Waals surface area contributed by atoms with Crippen molar-refractivity contribution in [2.45, 2.75) is 6.92 Å². The van der Waals surface area contributed by atoms with Gasteiger partial charge in [-0.25, -0.2) is 0 Å². The van der Waals surface area contributed by atoms with Gasteiger partial charge in [0.05, 0.1) is 20.8 Å². The van der Waals surface area contributed by atoms with Crippen LogP contribution in [0.1, 0.15) is 12.5 Å². The van der Waals surface area contributed by atoms with E-state index in [1.807, 2.05) is 0 Å². The zero-order valence-electron chi connectivity index (χ0n) is 10.6. The average molecular weight is 252 g/mol. The maximum absolute atomic E-state index is 11.0. The van der Waals surface area contributed by atoms with E-state index < -0.39 is 5.97 Å². The van der Waals surface area contributed by atoms with E-state index in [9.17, 15) is 4.79 Å². The SMILES string of the molecule is COc1cc(C=CCO)cc(OC)c1OC(C)=O. The lowest BCUT2D eigenvalue weighted by atomic mass is 10.1. The summed E-state index contributed by atoms with van der Waals surface area (Å²) in [5, 5.41) is 8.74. The van der Waals surface area contributed by atoms with E-state index in [1.165, 1.54) is 21.1 Å². The Morgan fingerprint density at radius 3 is 2.22 bits per heavy atom. The van der Waals surface area contributed by atoms with Crippen LogP contribution in [0.15, 0.2) is 18.2 Å². The van der Waals surface area contributed by atoms with E-state index in [2.05, 4.69) is 0 Å². The van der Waals surface area contributed by atoms with Crippen molar-refractivity contribution in [1.82, 2.24) is 0 Å². The van der Waals surface area contributed by atoms with Gasteiger partial charge in [-0.3, -0.25) is 4.79 Å². The monoisotopic (exact) mass is 252 g/mol. The molecule has 1 aromatic carbocycles. The summed E-state index contributed by atoms with van der Waals surface area (Å²) in [6, 6.07) is 3.37. The fraction of sp³-hybridized carbons (Fsp3) is 0.308. The molecular formula is C13H16O5. The molecule has 1 aromatic rings. The molecule has 0 aliphatic heterocycles. The van der Waals surface area contributed by atoms with Crippen LogP contribution in [-0.2, 0) is 4.79 Å². The van der Waals surface area contributed by atoms with Crippen LogP contribution in [0, 0.1) is 0 Å². The van der Waals surface area contributed by atoms with Crippen molar-refractivity contribution in [2.75, 3.05) is 20.8 Å². The van der Waals surface area contributed by atoms with Crippen molar-refractivity contribution in [3.63, 3.8) is 0 Å². The summed E-state index contributed by atoms with van der Waals surface area (Å²) in [5.74, 6) is 0.572. The molecule has 0 fully saturated rings. The lowest BCUT2D eigenvalue weighted by Gasteiger charge is -2.13. The van der Waals surface area contributed by atoms with Crippen LogP contribution in [-0.4, -0.2) is 31.9 Å². The van der Waals surface area contributed by atoms with Gasteiger partial charge in [-0.15, -0.1) is 0 Å². The number of methoxy groups -OCH3 is 2. The first-order valence-electron chi connectivity index (χ1n) is 5.34. The summed E-state index contributed by atoms with van der Waals surface area (Å²) in [7, 11) is 2.95. The second kappa shape index (κ2) is 6.66. The second-order valence-electron chi connectivity index (χ2n) is 3.43. The summed E-state index contributed by atoms with van der Waals surface area (Å²) in [4.78, 5) is 11.0. The van der Waals surface area contributed by atoms with Crippen molar-refractivity contribution in [2.24, 2.45) is 0 Å². The van der Waals surface area contributed by atoms with Crippen LogP contribution < -0.4 is 14.2 Å². The number of carbonyl (C=O) groups is 1. The molecule has 18 heavy (non-hydrogen) atoms. The Kier molecular flexibility index (Phi) is 5.20. The molecule has 0 aliphatic rings. The van der Waals surface area contributed by atoms with E-state index in [-0.39, 0.29) is 12.4 Å². The molecule has 0 saturated heterocycles. The van der Waals surface area contributed by atoms with Crippen LogP contribution in [0.25, 0.3) is 6.08 Å². The molecule has 0 aromatic heterocycles. The molecule has 5 heteroatoms. The first kappa shape index (κ1) is 14.1. The zero-order valence-corrected chi connectivity index (χ0v) is 10.6. The molecule has 0 unspecified atom stereocenters. The Hall–Kier alpha value is -2.01. The summed E-state index contributed by atoms with van der Waals surface area (Å²) in [6.45, 7) is 1.24. The van der Waals surface area contributed by atoms with Crippen LogP contribution in [0.2, 0.25) is 0 Å². The van der Waals surface area contributed by atoms with Gasteiger partial charge >= 0.3 is 5.97 Å². The third-order valence-corrected chi connectivity index (χ3v) is 2.14. The van der Waals surface area contributed by atoms with Crippen LogP contribution in [0.3, 0.4) is 0 Å². The maximum Gasteiger partial charge on any atom is 0.308 e. The standard InChI is InChI=1S/C13H16O5/c1-9(15)18-13-11(16-2)7-10(5-4-6-14)8-12(13)17-3/h4-5,7-8,14H,6H2,1-3H3. The molecule has 0 saturated carbocycles. The number of hydrogen-bond acceptors (Lipinski definition) is 5. The van der Waals surface area contributed by atoms with Gasteiger partial charge in [-0.05, 0) is 17.7 Å². The second-order valence-corrected chi connectivity index (χ2v) is 3.43. The van der Waals surface area contributed by atoms with Gasteiger partial charge in [0.1, 0.15) is 0 Å². The number of benzene rings is 1. The van der Waals surface area contributed by atoms with Crippen LogP contribution >= 0.6 is 0 Å². The normalized spacial score (nSPS) is 10.4. The van der Waals surface area contributed by atoms with Gasteiger partial charge in [0, 0.05) is 6.92 Å². The molecule has 0 spiro atoms. The fourth-order valence-electron chi connectivity index (χ4n) is 1.43. The van der Waals surface area contributed by atoms with E-state index in [4.69, 9.17) is 19.3 Å². The molecule has 0 bridgehead atoms. The predicted molar refractivity (Wildman–Crippen MR) is 67.0 cm³/mol. The average Bonchev–Trinajstić information content (AvgIpc) is 2.36. The molecule has 1 rings (SSSR count). The first-order chi connectivity index (χ1) is 8.62. The van der Waals surface area contributed by atoms with Gasteiger partial charge in [0.2, 0.25) is 5.75 Å². The van der Waals surface area contributed by atoms with Gasteiger partial charge in [0.25, 0.3) is 0 Å². The minimum absolute atomic E-state index is 0.0592. The number of carbonyl (C=O) groups excluding carboxylic acids is 1. The minimum atomic E-state index is -0.453. The molecule has 5 nitrogen and oxygen atoms in total. The highest BCUT2D eigenvalue weighted by Gasteiger charge is 2.15. The fourth-order valence-corrected chi connectivity index (χ4v) is 1.43. The van der Waals surface area contributed by atoms with Crippen molar-refractivity contribution in [3.8, 4) is 17.2 Å². The van der Waals surface area contributed by atoms with Crippen molar-refractivity contribution < 1.29 is 24.1 Å². The summed E-state index contributed by atoms with van der Waals surface area (Å²) in [6.07, 6.45) is 3.29. The molecule has 0 aliphatic carbocycles. The largest absolute Gasteiger partial charge is 0.493 e. The smallest absolute Gasteiger partial charge is 0.308 e. The minimum Gasteiger partial charge on any atom is -0.493 e. The van der Waals surface area contributed by atoms with E-state index >= 15 is 0 Å². The number of rotatable bonds is 5. The molecule has 98 valence electrons. The lowest BCUT2D eigenvalue weighted by molar-refractivity contribution is -0.132. The van der Waals surface area contributed by atoms with Crippen LogP contribution in [0.5, 0.6) is 17.2 Å². The number of aliphatic hydroxyl groups is 1.